The van der Waals surface area contributed by atoms with Crippen molar-refractivity contribution in [1.82, 2.24) is 9.97 Å². The molecule has 1 aromatic heterocycles. The molecule has 2 aromatic carbocycles. The molecule has 1 N–H and O–H groups in total. The van der Waals surface area contributed by atoms with E-state index < -0.39 is 0 Å². The first-order valence-corrected chi connectivity index (χ1v) is 8.14. The second kappa shape index (κ2) is 7.73. The Morgan fingerprint density at radius 2 is 2.08 bits per heavy atom. The van der Waals surface area contributed by atoms with Crippen molar-refractivity contribution in [3.63, 3.8) is 0 Å². The van der Waals surface area contributed by atoms with Gasteiger partial charge in [-0.05, 0) is 24.3 Å². The average Bonchev–Trinajstić information content (AvgIpc) is 2.66. The molecule has 1 heterocycles. The van der Waals surface area contributed by atoms with Crippen LogP contribution in [0.1, 0.15) is 5.56 Å². The fraction of sp³-hybridized carbons (Fsp3) is 0.158. The fourth-order valence-electron chi connectivity index (χ4n) is 2.41. The molecule has 0 aliphatic carbocycles. The molecule has 0 unspecified atom stereocenters. The molecular weight excluding hydrogens is 338 g/mol. The molecule has 5 nitrogen and oxygen atoms in total. The number of hydrogen-bond acceptors (Lipinski definition) is 5. The summed E-state index contributed by atoms with van der Waals surface area (Å²) in [7, 11) is 1.58. The lowest BCUT2D eigenvalue weighted by Crippen LogP contribution is -2.02. The number of benzene rings is 2. The number of methoxy groups -OCH3 is 1. The van der Waals surface area contributed by atoms with Crippen LogP contribution in [0.3, 0.4) is 0 Å². The first-order chi connectivity index (χ1) is 12.2. The molecule has 0 bridgehead atoms. The lowest BCUT2D eigenvalue weighted by atomic mass is 10.2. The van der Waals surface area contributed by atoms with Crippen LogP contribution in [-0.2, 0) is 0 Å². The molecule has 0 fully saturated rings. The van der Waals surface area contributed by atoms with Crippen LogP contribution in [0.25, 0.3) is 10.9 Å². The maximum Gasteiger partial charge on any atom is 0.162 e. The van der Waals surface area contributed by atoms with Crippen LogP contribution in [-0.4, -0.2) is 29.6 Å². The predicted octanol–water partition coefficient (Wildman–Crippen LogP) is 3.98. The molecule has 0 aliphatic rings. The van der Waals surface area contributed by atoms with Crippen molar-refractivity contribution >= 4 is 34.0 Å². The Kier molecular flexibility index (Phi) is 5.22. The zero-order valence-corrected chi connectivity index (χ0v) is 14.4. The smallest absolute Gasteiger partial charge is 0.162 e. The number of halogens is 1. The van der Waals surface area contributed by atoms with Crippen molar-refractivity contribution in [2.45, 2.75) is 0 Å². The van der Waals surface area contributed by atoms with Gasteiger partial charge in [-0.2, -0.15) is 0 Å². The Morgan fingerprint density at radius 3 is 2.84 bits per heavy atom. The molecule has 0 aliphatic heterocycles. The molecule has 0 saturated heterocycles. The summed E-state index contributed by atoms with van der Waals surface area (Å²) in [6.07, 6.45) is 6.95. The normalized spacial score (nSPS) is 10.3. The summed E-state index contributed by atoms with van der Waals surface area (Å²) in [5.41, 5.74) is 2.37. The van der Waals surface area contributed by atoms with Crippen molar-refractivity contribution in [1.29, 1.82) is 0 Å². The average molecular weight is 354 g/mol. The fourth-order valence-corrected chi connectivity index (χ4v) is 2.49. The van der Waals surface area contributed by atoms with Crippen LogP contribution in [0, 0.1) is 12.3 Å². The summed E-state index contributed by atoms with van der Waals surface area (Å²) in [5.74, 6) is 4.83. The highest BCUT2D eigenvalue weighted by Crippen LogP contribution is 2.34. The van der Waals surface area contributed by atoms with Crippen molar-refractivity contribution in [2.75, 3.05) is 24.9 Å². The number of alkyl halides is 1. The van der Waals surface area contributed by atoms with E-state index in [-0.39, 0.29) is 0 Å². The van der Waals surface area contributed by atoms with E-state index in [0.29, 0.717) is 29.8 Å². The molecule has 0 saturated carbocycles. The van der Waals surface area contributed by atoms with Crippen molar-refractivity contribution in [3.05, 3.63) is 48.3 Å². The number of ether oxygens (including phenoxy) is 2. The van der Waals surface area contributed by atoms with E-state index >= 15 is 0 Å². The van der Waals surface area contributed by atoms with Crippen molar-refractivity contribution in [2.24, 2.45) is 0 Å². The number of aromatic nitrogens is 2. The Balaban J connectivity index is 2.04. The summed E-state index contributed by atoms with van der Waals surface area (Å²) in [5, 5.41) is 4.08. The Bertz CT molecular complexity index is 938. The third kappa shape index (κ3) is 3.76. The van der Waals surface area contributed by atoms with Gasteiger partial charge in [-0.3, -0.25) is 0 Å². The van der Waals surface area contributed by atoms with Gasteiger partial charge in [0, 0.05) is 22.7 Å². The number of terminal acetylenes is 1. The lowest BCUT2D eigenvalue weighted by molar-refractivity contribution is 0.313. The van der Waals surface area contributed by atoms with Crippen LogP contribution >= 0.6 is 11.6 Å². The Hall–Kier alpha value is -2.97. The minimum atomic E-state index is 0.379. The number of rotatable bonds is 6. The van der Waals surface area contributed by atoms with Gasteiger partial charge in [-0.1, -0.05) is 12.0 Å². The predicted molar refractivity (Wildman–Crippen MR) is 100.0 cm³/mol. The molecule has 0 amide bonds. The van der Waals surface area contributed by atoms with E-state index in [2.05, 4.69) is 21.2 Å². The number of nitrogens with zero attached hydrogens (tertiary/aromatic N) is 2. The number of fused-ring (bicyclic) bond motifs is 1. The van der Waals surface area contributed by atoms with Gasteiger partial charge in [0.1, 0.15) is 18.8 Å². The van der Waals surface area contributed by atoms with Gasteiger partial charge < -0.3 is 14.8 Å². The third-order valence-corrected chi connectivity index (χ3v) is 3.70. The van der Waals surface area contributed by atoms with E-state index in [1.54, 1.807) is 7.11 Å². The molecule has 0 spiro atoms. The summed E-state index contributed by atoms with van der Waals surface area (Å²) in [6, 6.07) is 11.2. The SMILES string of the molecule is C#Cc1cccc(Nc2ncnc3cc(OC)c(OCCCl)cc23)c1. The highest BCUT2D eigenvalue weighted by Gasteiger charge is 2.12. The maximum absolute atomic E-state index is 5.71. The summed E-state index contributed by atoms with van der Waals surface area (Å²) in [4.78, 5) is 8.64. The van der Waals surface area contributed by atoms with Crippen LogP contribution in [0.4, 0.5) is 11.5 Å². The van der Waals surface area contributed by atoms with Gasteiger partial charge in [0.25, 0.3) is 0 Å². The van der Waals surface area contributed by atoms with Gasteiger partial charge in [0.2, 0.25) is 0 Å². The standard InChI is InChI=1S/C19H16ClN3O2/c1-3-13-5-4-6-14(9-13)23-19-15-10-18(25-8-7-20)17(24-2)11-16(15)21-12-22-19/h1,4-6,9-12H,7-8H2,2H3,(H,21,22,23). The van der Waals surface area contributed by atoms with Gasteiger partial charge in [-0.25, -0.2) is 9.97 Å². The molecule has 25 heavy (non-hydrogen) atoms. The van der Waals surface area contributed by atoms with Crippen LogP contribution < -0.4 is 14.8 Å². The highest BCUT2D eigenvalue weighted by atomic mass is 35.5. The second-order valence-corrected chi connectivity index (χ2v) is 5.51. The first-order valence-electron chi connectivity index (χ1n) is 7.60. The second-order valence-electron chi connectivity index (χ2n) is 5.13. The minimum Gasteiger partial charge on any atom is -0.493 e. The highest BCUT2D eigenvalue weighted by molar-refractivity contribution is 6.18. The molecule has 3 rings (SSSR count). The summed E-state index contributed by atoms with van der Waals surface area (Å²) >= 11 is 5.71. The van der Waals surface area contributed by atoms with Crippen molar-refractivity contribution in [3.8, 4) is 23.8 Å². The Labute approximate surface area is 151 Å². The number of nitrogens with one attached hydrogen (secondary N) is 1. The largest absolute Gasteiger partial charge is 0.493 e. The zero-order chi connectivity index (χ0) is 17.6. The van der Waals surface area contributed by atoms with E-state index in [0.717, 1.165) is 22.2 Å². The Morgan fingerprint density at radius 1 is 1.20 bits per heavy atom. The lowest BCUT2D eigenvalue weighted by Gasteiger charge is -2.13. The molecule has 6 heteroatoms. The van der Waals surface area contributed by atoms with Gasteiger partial charge in [0.15, 0.2) is 11.5 Å². The van der Waals surface area contributed by atoms with Crippen LogP contribution in [0.5, 0.6) is 11.5 Å². The van der Waals surface area contributed by atoms with E-state index in [4.69, 9.17) is 27.5 Å². The van der Waals surface area contributed by atoms with E-state index in [1.165, 1.54) is 6.33 Å². The quantitative estimate of drug-likeness (QED) is 0.536. The molecule has 0 atom stereocenters. The third-order valence-electron chi connectivity index (χ3n) is 3.55. The molecule has 126 valence electrons. The number of anilines is 2. The molecule has 0 radical (unpaired) electrons. The van der Waals surface area contributed by atoms with Crippen LogP contribution in [0.15, 0.2) is 42.7 Å². The number of hydrogen-bond donors (Lipinski definition) is 1. The summed E-state index contributed by atoms with van der Waals surface area (Å²) in [6.45, 7) is 0.379. The molecular formula is C19H16ClN3O2. The van der Waals surface area contributed by atoms with E-state index in [1.807, 2.05) is 36.4 Å². The topological polar surface area (TPSA) is 56.3 Å². The zero-order valence-electron chi connectivity index (χ0n) is 13.6. The minimum absolute atomic E-state index is 0.379. The van der Waals surface area contributed by atoms with Gasteiger partial charge in [0.05, 0.1) is 18.5 Å². The molecule has 3 aromatic rings. The van der Waals surface area contributed by atoms with Gasteiger partial charge >= 0.3 is 0 Å². The maximum atomic E-state index is 5.71. The van der Waals surface area contributed by atoms with Crippen LogP contribution in [0.2, 0.25) is 0 Å². The van der Waals surface area contributed by atoms with E-state index in [9.17, 15) is 0 Å². The van der Waals surface area contributed by atoms with Gasteiger partial charge in [-0.15, -0.1) is 18.0 Å². The summed E-state index contributed by atoms with van der Waals surface area (Å²) < 4.78 is 11.0. The van der Waals surface area contributed by atoms with Crippen molar-refractivity contribution < 1.29 is 9.47 Å². The monoisotopic (exact) mass is 353 g/mol. The first kappa shape index (κ1) is 16.9.